The number of rotatable bonds is 3. The summed E-state index contributed by atoms with van der Waals surface area (Å²) in [7, 11) is 0. The van der Waals surface area contributed by atoms with Gasteiger partial charge in [-0.05, 0) is 34.4 Å². The average Bonchev–Trinajstić information content (AvgIpc) is 3.08. The number of hydrogen-bond donors (Lipinski definition) is 1. The van der Waals surface area contributed by atoms with E-state index in [4.69, 9.17) is 4.74 Å². The van der Waals surface area contributed by atoms with Crippen LogP contribution in [0.15, 0.2) is 60.7 Å². The summed E-state index contributed by atoms with van der Waals surface area (Å²) in [6, 6.07) is 17.4. The van der Waals surface area contributed by atoms with Gasteiger partial charge in [0.15, 0.2) is 11.6 Å². The van der Waals surface area contributed by atoms with E-state index < -0.39 is 29.1 Å². The number of benzene rings is 3. The van der Waals surface area contributed by atoms with Crippen molar-refractivity contribution in [3.8, 4) is 23.0 Å². The molecule has 4 rings (SSSR count). The van der Waals surface area contributed by atoms with Gasteiger partial charge < -0.3 is 10.1 Å². The minimum atomic E-state index is -1.36. The molecular formula is C24H16F3NO2. The smallest absolute Gasteiger partial charge is 0.407 e. The Labute approximate surface area is 171 Å². The molecule has 1 N–H and O–H groups in total. The molecule has 0 heterocycles. The Morgan fingerprint density at radius 2 is 1.50 bits per heavy atom. The van der Waals surface area contributed by atoms with E-state index in [2.05, 4.69) is 17.2 Å². The van der Waals surface area contributed by atoms with E-state index in [1.54, 1.807) is 0 Å². The normalized spacial score (nSPS) is 11.8. The van der Waals surface area contributed by atoms with Crippen LogP contribution in [0.4, 0.5) is 18.0 Å². The van der Waals surface area contributed by atoms with Crippen molar-refractivity contribution < 1.29 is 22.7 Å². The Morgan fingerprint density at radius 3 is 2.17 bits per heavy atom. The third kappa shape index (κ3) is 3.74. The summed E-state index contributed by atoms with van der Waals surface area (Å²) in [4.78, 5) is 12.0. The van der Waals surface area contributed by atoms with E-state index in [1.807, 2.05) is 48.5 Å². The van der Waals surface area contributed by atoms with Gasteiger partial charge in [0, 0.05) is 5.92 Å². The van der Waals surface area contributed by atoms with E-state index in [1.165, 1.54) is 0 Å². The minimum absolute atomic E-state index is 0.0790. The largest absolute Gasteiger partial charge is 0.449 e. The van der Waals surface area contributed by atoms with Gasteiger partial charge in [0.05, 0.1) is 12.1 Å². The van der Waals surface area contributed by atoms with Crippen LogP contribution in [0.25, 0.3) is 11.1 Å². The lowest BCUT2D eigenvalue weighted by Crippen LogP contribution is -2.26. The van der Waals surface area contributed by atoms with Crippen molar-refractivity contribution in [1.82, 2.24) is 5.32 Å². The zero-order valence-corrected chi connectivity index (χ0v) is 15.7. The van der Waals surface area contributed by atoms with Crippen LogP contribution in [-0.2, 0) is 4.74 Å². The van der Waals surface area contributed by atoms with E-state index in [0.29, 0.717) is 6.07 Å². The predicted octanol–water partition coefficient (Wildman–Crippen LogP) is 4.99. The summed E-state index contributed by atoms with van der Waals surface area (Å²) >= 11 is 0. The summed E-state index contributed by atoms with van der Waals surface area (Å²) in [5, 5.41) is 2.40. The lowest BCUT2D eigenvalue weighted by molar-refractivity contribution is 0.144. The molecule has 0 atom stereocenters. The Bertz CT molecular complexity index is 1140. The molecule has 1 aliphatic carbocycles. The number of halogens is 3. The first-order valence-corrected chi connectivity index (χ1v) is 9.27. The Balaban J connectivity index is 1.37. The topological polar surface area (TPSA) is 38.3 Å². The van der Waals surface area contributed by atoms with Crippen LogP contribution in [-0.4, -0.2) is 19.2 Å². The SMILES string of the molecule is O=C(NCC#Cc1c(F)ccc(F)c1F)OCC1c2ccccc2-c2ccccc21. The van der Waals surface area contributed by atoms with Crippen molar-refractivity contribution in [3.63, 3.8) is 0 Å². The molecule has 3 aromatic rings. The number of alkyl carbamates (subject to hydrolysis) is 1. The molecule has 0 aliphatic heterocycles. The van der Waals surface area contributed by atoms with E-state index in [-0.39, 0.29) is 19.1 Å². The molecule has 3 nitrogen and oxygen atoms in total. The molecule has 0 radical (unpaired) electrons. The molecule has 0 saturated carbocycles. The monoisotopic (exact) mass is 407 g/mol. The zero-order chi connectivity index (χ0) is 21.1. The Morgan fingerprint density at radius 1 is 0.900 bits per heavy atom. The van der Waals surface area contributed by atoms with Gasteiger partial charge in [-0.2, -0.15) is 0 Å². The maximum atomic E-state index is 13.6. The quantitative estimate of drug-likeness (QED) is 0.491. The number of carbonyl (C=O) groups is 1. The van der Waals surface area contributed by atoms with Crippen LogP contribution in [0.1, 0.15) is 22.6 Å². The number of carbonyl (C=O) groups excluding carboxylic acids is 1. The number of nitrogens with one attached hydrogen (secondary N) is 1. The van der Waals surface area contributed by atoms with Crippen LogP contribution in [0.2, 0.25) is 0 Å². The lowest BCUT2D eigenvalue weighted by atomic mass is 9.98. The molecule has 30 heavy (non-hydrogen) atoms. The van der Waals surface area contributed by atoms with Crippen molar-refractivity contribution in [2.24, 2.45) is 0 Å². The second-order valence-electron chi connectivity index (χ2n) is 6.70. The summed E-state index contributed by atoms with van der Waals surface area (Å²) in [6.07, 6.45) is -0.702. The summed E-state index contributed by atoms with van der Waals surface area (Å²) in [6.45, 7) is -0.0630. The standard InChI is InChI=1S/C24H16F3NO2/c25-21-11-12-22(26)23(27)19(21)10-5-13-28-24(29)30-14-20-17-8-3-1-6-15(17)16-7-2-4-9-18(16)20/h1-4,6-9,11-12,20H,13-14H2,(H,28,29). The number of fused-ring (bicyclic) bond motifs is 3. The fraction of sp³-hybridized carbons (Fsp3) is 0.125. The first kappa shape index (κ1) is 19.6. The van der Waals surface area contributed by atoms with Gasteiger partial charge in [0.2, 0.25) is 0 Å². The van der Waals surface area contributed by atoms with Crippen LogP contribution in [0, 0.1) is 29.3 Å². The number of hydrogen-bond acceptors (Lipinski definition) is 2. The molecular weight excluding hydrogens is 391 g/mol. The molecule has 1 amide bonds. The first-order valence-electron chi connectivity index (χ1n) is 9.27. The van der Waals surface area contributed by atoms with Gasteiger partial charge in [-0.1, -0.05) is 60.4 Å². The summed E-state index contributed by atoms with van der Waals surface area (Å²) in [5.41, 5.74) is 3.73. The summed E-state index contributed by atoms with van der Waals surface area (Å²) < 4.78 is 45.6. The molecule has 0 saturated heterocycles. The highest BCUT2D eigenvalue weighted by molar-refractivity contribution is 5.79. The molecule has 1 aliphatic rings. The molecule has 150 valence electrons. The Kier molecular flexibility index (Phi) is 5.44. The van der Waals surface area contributed by atoms with Gasteiger partial charge in [-0.25, -0.2) is 18.0 Å². The van der Waals surface area contributed by atoms with Gasteiger partial charge in [-0.15, -0.1) is 0 Å². The number of ether oxygens (including phenoxy) is 1. The third-order valence-electron chi connectivity index (χ3n) is 4.92. The average molecular weight is 407 g/mol. The predicted molar refractivity (Wildman–Crippen MR) is 106 cm³/mol. The van der Waals surface area contributed by atoms with Gasteiger partial charge in [0.1, 0.15) is 12.4 Å². The lowest BCUT2D eigenvalue weighted by Gasteiger charge is -2.14. The van der Waals surface area contributed by atoms with Gasteiger partial charge >= 0.3 is 6.09 Å². The van der Waals surface area contributed by atoms with Crippen molar-refractivity contribution in [1.29, 1.82) is 0 Å². The van der Waals surface area contributed by atoms with Gasteiger partial charge in [0.25, 0.3) is 0 Å². The first-order chi connectivity index (χ1) is 14.6. The maximum Gasteiger partial charge on any atom is 0.407 e. The van der Waals surface area contributed by atoms with Crippen molar-refractivity contribution >= 4 is 6.09 Å². The highest BCUT2D eigenvalue weighted by Crippen LogP contribution is 2.44. The maximum absolute atomic E-state index is 13.6. The second-order valence-corrected chi connectivity index (χ2v) is 6.70. The van der Waals surface area contributed by atoms with Crippen molar-refractivity contribution in [3.05, 3.63) is 94.8 Å². The highest BCUT2D eigenvalue weighted by atomic mass is 19.2. The van der Waals surface area contributed by atoms with Gasteiger partial charge in [-0.3, -0.25) is 0 Å². The van der Waals surface area contributed by atoms with Crippen LogP contribution < -0.4 is 5.32 Å². The van der Waals surface area contributed by atoms with Crippen molar-refractivity contribution in [2.75, 3.05) is 13.2 Å². The molecule has 3 aromatic carbocycles. The molecule has 0 bridgehead atoms. The van der Waals surface area contributed by atoms with E-state index in [9.17, 15) is 18.0 Å². The second kappa shape index (κ2) is 8.34. The number of amides is 1. The van der Waals surface area contributed by atoms with Crippen LogP contribution >= 0.6 is 0 Å². The molecule has 0 spiro atoms. The minimum Gasteiger partial charge on any atom is -0.449 e. The van der Waals surface area contributed by atoms with Crippen LogP contribution in [0.3, 0.4) is 0 Å². The zero-order valence-electron chi connectivity index (χ0n) is 15.7. The molecule has 0 aromatic heterocycles. The van der Waals surface area contributed by atoms with E-state index in [0.717, 1.165) is 28.3 Å². The molecule has 0 fully saturated rings. The van der Waals surface area contributed by atoms with Crippen LogP contribution in [0.5, 0.6) is 0 Å². The van der Waals surface area contributed by atoms with E-state index >= 15 is 0 Å². The Hall–Kier alpha value is -3.72. The fourth-order valence-corrected chi connectivity index (χ4v) is 3.54. The molecule has 6 heteroatoms. The summed E-state index contributed by atoms with van der Waals surface area (Å²) in [5.74, 6) is 0.986. The molecule has 0 unspecified atom stereocenters. The van der Waals surface area contributed by atoms with Crippen molar-refractivity contribution in [2.45, 2.75) is 5.92 Å². The third-order valence-corrected chi connectivity index (χ3v) is 4.92. The fourth-order valence-electron chi connectivity index (χ4n) is 3.54. The highest BCUT2D eigenvalue weighted by Gasteiger charge is 2.28.